The van der Waals surface area contributed by atoms with Crippen LogP contribution in [-0.2, 0) is 6.54 Å². The fourth-order valence-electron chi connectivity index (χ4n) is 1.37. The van der Waals surface area contributed by atoms with Crippen LogP contribution >= 0.6 is 0 Å². The molecule has 1 N–H and O–H groups in total. The van der Waals surface area contributed by atoms with Crippen LogP contribution in [0.3, 0.4) is 0 Å². The van der Waals surface area contributed by atoms with Crippen LogP contribution in [0.5, 0.6) is 0 Å². The van der Waals surface area contributed by atoms with Crippen molar-refractivity contribution < 1.29 is 0 Å². The molecule has 0 bridgehead atoms. The lowest BCUT2D eigenvalue weighted by Crippen LogP contribution is -2.24. The maximum absolute atomic E-state index is 4.18. The number of nitrogens with one attached hydrogen (secondary N) is 1. The Morgan fingerprint density at radius 1 is 1.25 bits per heavy atom. The van der Waals surface area contributed by atoms with E-state index in [0.717, 1.165) is 31.1 Å². The van der Waals surface area contributed by atoms with Crippen LogP contribution in [0.15, 0.2) is 37.4 Å². The summed E-state index contributed by atoms with van der Waals surface area (Å²) in [7, 11) is 1.89. The van der Waals surface area contributed by atoms with Crippen molar-refractivity contribution in [3.05, 3.63) is 43.1 Å². The Labute approximate surface area is 96.7 Å². The molecule has 0 atom stereocenters. The van der Waals surface area contributed by atoms with Gasteiger partial charge in [-0.3, -0.25) is 0 Å². The minimum Gasteiger partial charge on any atom is -0.348 e. The highest BCUT2D eigenvalue weighted by atomic mass is 15.3. The van der Waals surface area contributed by atoms with E-state index in [-0.39, 0.29) is 0 Å². The first-order chi connectivity index (χ1) is 7.81. The highest BCUT2D eigenvalue weighted by Crippen LogP contribution is 2.09. The lowest BCUT2D eigenvalue weighted by Gasteiger charge is -2.19. The van der Waals surface area contributed by atoms with Gasteiger partial charge in [-0.15, -0.1) is 18.3 Å². The Morgan fingerprint density at radius 3 is 2.38 bits per heavy atom. The molecule has 1 aromatic rings. The van der Waals surface area contributed by atoms with E-state index in [0.29, 0.717) is 0 Å². The van der Waals surface area contributed by atoms with Crippen LogP contribution in [0, 0.1) is 0 Å². The molecule has 16 heavy (non-hydrogen) atoms. The third-order valence-electron chi connectivity index (χ3n) is 2.09. The second kappa shape index (κ2) is 6.74. The monoisotopic (exact) mass is 218 g/mol. The molecule has 0 saturated heterocycles. The van der Waals surface area contributed by atoms with Gasteiger partial charge in [-0.1, -0.05) is 12.2 Å². The number of anilines is 1. The topological polar surface area (TPSA) is 41.0 Å². The summed E-state index contributed by atoms with van der Waals surface area (Å²) in [6.07, 6.45) is 3.68. The van der Waals surface area contributed by atoms with Gasteiger partial charge in [0.15, 0.2) is 5.82 Å². The van der Waals surface area contributed by atoms with E-state index in [1.54, 1.807) is 0 Å². The van der Waals surface area contributed by atoms with Crippen LogP contribution in [0.25, 0.3) is 0 Å². The highest BCUT2D eigenvalue weighted by molar-refractivity contribution is 5.38. The van der Waals surface area contributed by atoms with Crippen molar-refractivity contribution in [2.24, 2.45) is 0 Å². The highest BCUT2D eigenvalue weighted by Gasteiger charge is 2.04. The van der Waals surface area contributed by atoms with Crippen molar-refractivity contribution in [1.82, 2.24) is 15.5 Å². The van der Waals surface area contributed by atoms with Crippen LogP contribution in [0.4, 0.5) is 5.82 Å². The van der Waals surface area contributed by atoms with Gasteiger partial charge < -0.3 is 10.2 Å². The van der Waals surface area contributed by atoms with Crippen LogP contribution in [-0.4, -0.2) is 30.3 Å². The predicted octanol–water partition coefficient (Wildman–Crippen LogP) is 1.37. The Morgan fingerprint density at radius 2 is 1.94 bits per heavy atom. The summed E-state index contributed by atoms with van der Waals surface area (Å²) < 4.78 is 0. The number of nitrogens with zero attached hydrogens (tertiary/aromatic N) is 3. The molecule has 0 saturated carbocycles. The quantitative estimate of drug-likeness (QED) is 0.702. The molecule has 86 valence electrons. The lowest BCUT2D eigenvalue weighted by molar-refractivity contribution is 0.760. The molecular formula is C12H18N4. The summed E-state index contributed by atoms with van der Waals surface area (Å²) in [5.74, 6) is 0.847. The average Bonchev–Trinajstić information content (AvgIpc) is 2.30. The van der Waals surface area contributed by atoms with E-state index < -0.39 is 0 Å². The van der Waals surface area contributed by atoms with Crippen molar-refractivity contribution in [2.75, 3.05) is 25.0 Å². The molecule has 0 unspecified atom stereocenters. The van der Waals surface area contributed by atoms with Crippen LogP contribution in [0.1, 0.15) is 5.69 Å². The second-order valence-electron chi connectivity index (χ2n) is 3.40. The molecule has 0 aliphatic rings. The van der Waals surface area contributed by atoms with Crippen molar-refractivity contribution in [3.8, 4) is 0 Å². The SMILES string of the molecule is C=CCN(CC=C)c1ccc(CNC)nn1. The Kier molecular flexibility index (Phi) is 5.22. The number of hydrogen-bond donors (Lipinski definition) is 1. The summed E-state index contributed by atoms with van der Waals surface area (Å²) in [5.41, 5.74) is 0.934. The van der Waals surface area contributed by atoms with E-state index in [1.165, 1.54) is 0 Å². The van der Waals surface area contributed by atoms with Gasteiger partial charge in [0.05, 0.1) is 5.69 Å². The van der Waals surface area contributed by atoms with Gasteiger partial charge in [-0.05, 0) is 19.2 Å². The van der Waals surface area contributed by atoms with Crippen LogP contribution < -0.4 is 10.2 Å². The summed E-state index contributed by atoms with van der Waals surface area (Å²) in [6.45, 7) is 9.66. The van der Waals surface area contributed by atoms with Gasteiger partial charge in [0, 0.05) is 19.6 Å². The van der Waals surface area contributed by atoms with Crippen molar-refractivity contribution >= 4 is 5.82 Å². The van der Waals surface area contributed by atoms with E-state index in [2.05, 4.69) is 33.6 Å². The fraction of sp³-hybridized carbons (Fsp3) is 0.333. The van der Waals surface area contributed by atoms with Gasteiger partial charge in [0.1, 0.15) is 0 Å². The summed E-state index contributed by atoms with van der Waals surface area (Å²) in [4.78, 5) is 2.05. The summed E-state index contributed by atoms with van der Waals surface area (Å²) in [5, 5.41) is 11.3. The summed E-state index contributed by atoms with van der Waals surface area (Å²) >= 11 is 0. The average molecular weight is 218 g/mol. The second-order valence-corrected chi connectivity index (χ2v) is 3.40. The van der Waals surface area contributed by atoms with Crippen molar-refractivity contribution in [3.63, 3.8) is 0 Å². The molecule has 4 heteroatoms. The van der Waals surface area contributed by atoms with Crippen molar-refractivity contribution in [1.29, 1.82) is 0 Å². The molecule has 0 spiro atoms. The Bertz CT molecular complexity index is 321. The Hall–Kier alpha value is -1.68. The zero-order valence-electron chi connectivity index (χ0n) is 9.69. The molecule has 0 aromatic carbocycles. The number of aromatic nitrogens is 2. The molecule has 0 radical (unpaired) electrons. The van der Waals surface area contributed by atoms with Crippen molar-refractivity contribution in [2.45, 2.75) is 6.54 Å². The molecule has 0 fully saturated rings. The molecule has 1 rings (SSSR count). The van der Waals surface area contributed by atoms with Gasteiger partial charge in [0.2, 0.25) is 0 Å². The van der Waals surface area contributed by atoms with E-state index in [9.17, 15) is 0 Å². The largest absolute Gasteiger partial charge is 0.348 e. The minimum atomic E-state index is 0.732. The minimum absolute atomic E-state index is 0.732. The molecule has 0 amide bonds. The summed E-state index contributed by atoms with van der Waals surface area (Å²) in [6, 6.07) is 3.94. The van der Waals surface area contributed by atoms with Crippen LogP contribution in [0.2, 0.25) is 0 Å². The van der Waals surface area contributed by atoms with Gasteiger partial charge >= 0.3 is 0 Å². The number of rotatable bonds is 7. The van der Waals surface area contributed by atoms with E-state index >= 15 is 0 Å². The van der Waals surface area contributed by atoms with Gasteiger partial charge in [-0.2, -0.15) is 5.10 Å². The standard InChI is InChI=1S/C12H18N4/c1-4-8-16(9-5-2)12-7-6-11(10-13-3)14-15-12/h4-7,13H,1-2,8-10H2,3H3. The molecular weight excluding hydrogens is 200 g/mol. The number of hydrogen-bond acceptors (Lipinski definition) is 4. The van der Waals surface area contributed by atoms with E-state index in [4.69, 9.17) is 0 Å². The molecule has 0 aliphatic heterocycles. The maximum Gasteiger partial charge on any atom is 0.151 e. The Balaban J connectivity index is 2.75. The molecule has 1 heterocycles. The first kappa shape index (κ1) is 12.4. The third-order valence-corrected chi connectivity index (χ3v) is 2.09. The zero-order valence-corrected chi connectivity index (χ0v) is 9.69. The van der Waals surface area contributed by atoms with Gasteiger partial charge in [-0.25, -0.2) is 0 Å². The maximum atomic E-state index is 4.18. The van der Waals surface area contributed by atoms with E-state index in [1.807, 2.05) is 31.3 Å². The zero-order chi connectivity index (χ0) is 11.8. The molecule has 0 aliphatic carbocycles. The first-order valence-corrected chi connectivity index (χ1v) is 5.25. The molecule has 4 nitrogen and oxygen atoms in total. The smallest absolute Gasteiger partial charge is 0.151 e. The predicted molar refractivity (Wildman–Crippen MR) is 67.4 cm³/mol. The lowest BCUT2D eigenvalue weighted by atomic mass is 10.3. The normalized spacial score (nSPS) is 9.81. The first-order valence-electron chi connectivity index (χ1n) is 5.25. The third kappa shape index (κ3) is 3.47. The van der Waals surface area contributed by atoms with Gasteiger partial charge in [0.25, 0.3) is 0 Å². The molecule has 1 aromatic heterocycles. The fourth-order valence-corrected chi connectivity index (χ4v) is 1.37.